The lowest BCUT2D eigenvalue weighted by Crippen LogP contribution is -2.42. The second-order valence-electron chi connectivity index (χ2n) is 8.60. The van der Waals surface area contributed by atoms with Crippen molar-refractivity contribution in [3.8, 4) is 0 Å². The Kier molecular flexibility index (Phi) is 6.51. The molecule has 2 aliphatic carbocycles. The lowest BCUT2D eigenvalue weighted by Gasteiger charge is -2.30. The molecule has 0 bridgehead atoms. The average Bonchev–Trinajstić information content (AvgIpc) is 2.65. The summed E-state index contributed by atoms with van der Waals surface area (Å²) >= 11 is 0. The monoisotopic (exact) mass is 371 g/mol. The quantitative estimate of drug-likeness (QED) is 0.840. The Morgan fingerprint density at radius 1 is 0.815 bits per heavy atom. The molecule has 1 heterocycles. The molecule has 0 radical (unpaired) electrons. The van der Waals surface area contributed by atoms with Crippen molar-refractivity contribution < 1.29 is 9.59 Å². The van der Waals surface area contributed by atoms with Crippen molar-refractivity contribution in [2.24, 2.45) is 11.8 Å². The van der Waals surface area contributed by atoms with Gasteiger partial charge in [0, 0.05) is 12.1 Å². The van der Waals surface area contributed by atoms with Gasteiger partial charge in [-0.2, -0.15) is 0 Å². The van der Waals surface area contributed by atoms with E-state index in [0.29, 0.717) is 23.2 Å². The van der Waals surface area contributed by atoms with Gasteiger partial charge in [0.2, 0.25) is 0 Å². The molecule has 2 aliphatic rings. The first-order valence-corrected chi connectivity index (χ1v) is 10.5. The average molecular weight is 372 g/mol. The van der Waals surface area contributed by atoms with Gasteiger partial charge in [-0.15, -0.1) is 0 Å². The zero-order chi connectivity index (χ0) is 19.4. The van der Waals surface area contributed by atoms with Crippen LogP contribution in [0.2, 0.25) is 0 Å². The standard InChI is InChI=1S/C22H33N3O2/c1-14-12-19(21(26)24-17-10-6-4-8-15(17)2)23-20(13-14)22(27)25-18-11-7-5-9-16(18)3/h12-13,15-18H,4-11H2,1-3H3,(H,24,26)(H,25,27). The highest BCUT2D eigenvalue weighted by Gasteiger charge is 2.26. The Balaban J connectivity index is 1.69. The summed E-state index contributed by atoms with van der Waals surface area (Å²) in [5.41, 5.74) is 1.57. The molecule has 0 aliphatic heterocycles. The molecule has 0 saturated heterocycles. The molecule has 0 spiro atoms. The Morgan fingerprint density at radius 3 is 1.63 bits per heavy atom. The van der Waals surface area contributed by atoms with Gasteiger partial charge < -0.3 is 10.6 Å². The van der Waals surface area contributed by atoms with E-state index < -0.39 is 0 Å². The molecule has 0 aromatic carbocycles. The van der Waals surface area contributed by atoms with Crippen LogP contribution in [0, 0.1) is 18.8 Å². The number of hydrogen-bond acceptors (Lipinski definition) is 3. The molecule has 4 unspecified atom stereocenters. The fraction of sp³-hybridized carbons (Fsp3) is 0.682. The summed E-state index contributed by atoms with van der Waals surface area (Å²) in [7, 11) is 0. The third kappa shape index (κ3) is 5.08. The maximum absolute atomic E-state index is 12.7. The molecule has 2 amide bonds. The van der Waals surface area contributed by atoms with Crippen molar-refractivity contribution >= 4 is 11.8 Å². The molecule has 27 heavy (non-hydrogen) atoms. The highest BCUT2D eigenvalue weighted by atomic mass is 16.2. The molecular formula is C22H33N3O2. The molecule has 1 aromatic heterocycles. The van der Waals surface area contributed by atoms with E-state index in [9.17, 15) is 9.59 Å². The maximum atomic E-state index is 12.7. The predicted octanol–water partition coefficient (Wildman–Crippen LogP) is 4.01. The Hall–Kier alpha value is -1.91. The van der Waals surface area contributed by atoms with Gasteiger partial charge in [0.25, 0.3) is 11.8 Å². The summed E-state index contributed by atoms with van der Waals surface area (Å²) in [4.78, 5) is 29.8. The van der Waals surface area contributed by atoms with Crippen molar-refractivity contribution in [3.63, 3.8) is 0 Å². The Labute approximate surface area is 162 Å². The molecule has 5 nitrogen and oxygen atoms in total. The number of hydrogen-bond donors (Lipinski definition) is 2. The molecule has 3 rings (SSSR count). The molecular weight excluding hydrogens is 338 g/mol. The topological polar surface area (TPSA) is 71.1 Å². The van der Waals surface area contributed by atoms with Crippen LogP contribution in [0.25, 0.3) is 0 Å². The molecule has 148 valence electrons. The van der Waals surface area contributed by atoms with Gasteiger partial charge in [-0.1, -0.05) is 39.5 Å². The van der Waals surface area contributed by atoms with Crippen LogP contribution in [0.1, 0.15) is 91.8 Å². The number of carbonyl (C=O) groups is 2. The second kappa shape index (κ2) is 8.85. The molecule has 5 heteroatoms. The van der Waals surface area contributed by atoms with Crippen LogP contribution in [0.4, 0.5) is 0 Å². The van der Waals surface area contributed by atoms with Crippen LogP contribution in [-0.4, -0.2) is 28.9 Å². The molecule has 1 aromatic rings. The number of pyridine rings is 1. The smallest absolute Gasteiger partial charge is 0.270 e. The van der Waals surface area contributed by atoms with Gasteiger partial charge in [-0.05, 0) is 62.1 Å². The minimum absolute atomic E-state index is 0.169. The van der Waals surface area contributed by atoms with Crippen LogP contribution in [0.15, 0.2) is 12.1 Å². The summed E-state index contributed by atoms with van der Waals surface area (Å²) in [5, 5.41) is 6.27. The highest BCUT2D eigenvalue weighted by Crippen LogP contribution is 2.25. The first kappa shape index (κ1) is 19.8. The maximum Gasteiger partial charge on any atom is 0.270 e. The van der Waals surface area contributed by atoms with Crippen LogP contribution in [0.5, 0.6) is 0 Å². The van der Waals surface area contributed by atoms with Gasteiger partial charge in [-0.3, -0.25) is 9.59 Å². The SMILES string of the molecule is Cc1cc(C(=O)NC2CCCCC2C)nc(C(=O)NC2CCCCC2C)c1. The van der Waals surface area contributed by atoms with E-state index in [1.165, 1.54) is 12.8 Å². The molecule has 2 fully saturated rings. The summed E-state index contributed by atoms with van der Waals surface area (Å²) in [6, 6.07) is 3.94. The molecule has 2 N–H and O–H groups in total. The Morgan fingerprint density at radius 2 is 1.22 bits per heavy atom. The minimum atomic E-state index is -0.169. The number of carbonyl (C=O) groups excluding carboxylic acids is 2. The number of amides is 2. The zero-order valence-corrected chi connectivity index (χ0v) is 16.9. The van der Waals surface area contributed by atoms with Crippen molar-refractivity contribution in [1.29, 1.82) is 0 Å². The second-order valence-corrected chi connectivity index (χ2v) is 8.60. The number of aromatic nitrogens is 1. The number of nitrogens with zero attached hydrogens (tertiary/aromatic N) is 1. The van der Waals surface area contributed by atoms with Crippen molar-refractivity contribution in [3.05, 3.63) is 29.1 Å². The molecule has 2 saturated carbocycles. The van der Waals surface area contributed by atoms with E-state index in [2.05, 4.69) is 29.5 Å². The van der Waals surface area contributed by atoms with E-state index in [1.54, 1.807) is 12.1 Å². The van der Waals surface area contributed by atoms with Gasteiger partial charge in [0.15, 0.2) is 0 Å². The summed E-state index contributed by atoms with van der Waals surface area (Å²) in [5.74, 6) is 0.640. The number of rotatable bonds is 4. The summed E-state index contributed by atoms with van der Waals surface area (Å²) in [6.45, 7) is 6.29. The number of nitrogens with one attached hydrogen (secondary N) is 2. The number of aryl methyl sites for hydroxylation is 1. The highest BCUT2D eigenvalue weighted by molar-refractivity contribution is 5.96. The fourth-order valence-corrected chi connectivity index (χ4v) is 4.45. The summed E-state index contributed by atoms with van der Waals surface area (Å²) < 4.78 is 0. The van der Waals surface area contributed by atoms with E-state index >= 15 is 0 Å². The zero-order valence-electron chi connectivity index (χ0n) is 16.9. The third-order valence-corrected chi connectivity index (χ3v) is 6.29. The van der Waals surface area contributed by atoms with E-state index in [1.807, 2.05) is 6.92 Å². The Bertz CT molecular complexity index is 634. The molecule has 4 atom stereocenters. The van der Waals surface area contributed by atoms with Crippen molar-refractivity contribution in [2.45, 2.75) is 84.2 Å². The fourth-order valence-electron chi connectivity index (χ4n) is 4.45. The van der Waals surface area contributed by atoms with E-state index in [-0.39, 0.29) is 23.9 Å². The lowest BCUT2D eigenvalue weighted by atomic mass is 9.86. The minimum Gasteiger partial charge on any atom is -0.348 e. The van der Waals surface area contributed by atoms with E-state index in [0.717, 1.165) is 44.1 Å². The largest absolute Gasteiger partial charge is 0.348 e. The predicted molar refractivity (Wildman–Crippen MR) is 107 cm³/mol. The van der Waals surface area contributed by atoms with Crippen molar-refractivity contribution in [1.82, 2.24) is 15.6 Å². The van der Waals surface area contributed by atoms with E-state index in [4.69, 9.17) is 0 Å². The third-order valence-electron chi connectivity index (χ3n) is 6.29. The lowest BCUT2D eigenvalue weighted by molar-refractivity contribution is 0.0900. The van der Waals surface area contributed by atoms with Gasteiger partial charge in [0.1, 0.15) is 11.4 Å². The van der Waals surface area contributed by atoms with Crippen molar-refractivity contribution in [2.75, 3.05) is 0 Å². The first-order chi connectivity index (χ1) is 12.9. The van der Waals surface area contributed by atoms with Gasteiger partial charge >= 0.3 is 0 Å². The first-order valence-electron chi connectivity index (χ1n) is 10.5. The van der Waals surface area contributed by atoms with Gasteiger partial charge in [-0.25, -0.2) is 4.98 Å². The van der Waals surface area contributed by atoms with Gasteiger partial charge in [0.05, 0.1) is 0 Å². The van der Waals surface area contributed by atoms with Crippen LogP contribution in [0.3, 0.4) is 0 Å². The van der Waals surface area contributed by atoms with Crippen LogP contribution in [-0.2, 0) is 0 Å². The van der Waals surface area contributed by atoms with Crippen LogP contribution < -0.4 is 10.6 Å². The summed E-state index contributed by atoms with van der Waals surface area (Å²) in [6.07, 6.45) is 9.13. The normalized spacial score (nSPS) is 28.4. The van der Waals surface area contributed by atoms with Crippen LogP contribution >= 0.6 is 0 Å².